The van der Waals surface area contributed by atoms with Gasteiger partial charge in [-0.2, -0.15) is 0 Å². The molecular weight excluding hydrogens is 507 g/mol. The van der Waals surface area contributed by atoms with Gasteiger partial charge in [0, 0.05) is 18.3 Å². The topological polar surface area (TPSA) is 27.7 Å². The van der Waals surface area contributed by atoms with Crippen LogP contribution in [0.4, 0.5) is 0 Å². The van der Waals surface area contributed by atoms with E-state index in [4.69, 9.17) is 11.4 Å². The number of hydrogen-bond acceptors (Lipinski definition) is 3. The van der Waals surface area contributed by atoms with Crippen LogP contribution in [0.2, 0.25) is 0 Å². The maximum absolute atomic E-state index is 6.87. The van der Waals surface area contributed by atoms with Crippen molar-refractivity contribution in [2.24, 2.45) is 51.8 Å². The van der Waals surface area contributed by atoms with Crippen LogP contribution in [0.3, 0.4) is 0 Å². The summed E-state index contributed by atoms with van der Waals surface area (Å²) in [5.41, 5.74) is 1.39. The molecule has 3 aliphatic carbocycles. The average molecular weight is 577 g/mol. The first kappa shape index (κ1) is 34.9. The first-order valence-electron chi connectivity index (χ1n) is 17.5. The highest BCUT2D eigenvalue weighted by molar-refractivity contribution is 6.36. The van der Waals surface area contributed by atoms with Gasteiger partial charge in [-0.25, -0.2) is 0 Å². The largest absolute Gasteiger partial charge is 0.906 e. The lowest BCUT2D eigenvalue weighted by molar-refractivity contribution is -0.128. The molecule has 3 saturated carbocycles. The van der Waals surface area contributed by atoms with Gasteiger partial charge in [0.2, 0.25) is 0 Å². The third kappa shape index (κ3) is 10.3. The minimum absolute atomic E-state index is 0.335. The summed E-state index contributed by atoms with van der Waals surface area (Å²) in [5, 5.41) is 0. The average Bonchev–Trinajstić information content (AvgIpc) is 2.66. The van der Waals surface area contributed by atoms with Crippen molar-refractivity contribution >= 4 is 15.1 Å². The molecule has 0 saturated heterocycles. The number of rotatable bonds is 18. The Bertz CT molecular complexity index is 603. The van der Waals surface area contributed by atoms with Crippen molar-refractivity contribution in [2.45, 2.75) is 178 Å². The van der Waals surface area contributed by atoms with Crippen molar-refractivity contribution in [1.29, 1.82) is 0 Å². The van der Waals surface area contributed by atoms with E-state index in [0.29, 0.717) is 34.6 Å². The van der Waals surface area contributed by atoms with E-state index in [0.717, 1.165) is 35.5 Å². The molecule has 3 nitrogen and oxygen atoms in total. The van der Waals surface area contributed by atoms with Gasteiger partial charge in [0.25, 0.3) is 0 Å². The molecule has 0 bridgehead atoms. The van der Waals surface area contributed by atoms with Gasteiger partial charge < -0.3 is 11.4 Å². The summed E-state index contributed by atoms with van der Waals surface area (Å²) >= 11 is -2.19. The summed E-state index contributed by atoms with van der Waals surface area (Å²) < 4.78 is 20.6. The summed E-state index contributed by atoms with van der Waals surface area (Å²) in [5.74, 6) is 4.47. The Morgan fingerprint density at radius 2 is 0.575 bits per heavy atom. The molecule has 3 aliphatic rings. The highest BCUT2D eigenvalue weighted by Crippen LogP contribution is 2.55. The fourth-order valence-corrected chi connectivity index (χ4v) is 11.7. The molecule has 0 aliphatic heterocycles. The quantitative estimate of drug-likeness (QED) is 0.152. The Kier molecular flexibility index (Phi) is 12.6. The second-order valence-electron chi connectivity index (χ2n) is 17.9. The molecule has 3 rings (SSSR count). The van der Waals surface area contributed by atoms with Crippen molar-refractivity contribution in [1.82, 2.24) is 0 Å². The van der Waals surface area contributed by atoms with Crippen molar-refractivity contribution < 1.29 is 11.4 Å². The first-order valence-corrected chi connectivity index (χ1v) is 18.9. The Hall–Kier alpha value is 0.412. The molecule has 0 amide bonds. The van der Waals surface area contributed by atoms with Gasteiger partial charge in [-0.15, -0.1) is 0 Å². The molecule has 3 fully saturated rings. The van der Waals surface area contributed by atoms with Crippen molar-refractivity contribution in [2.75, 3.05) is 0 Å². The molecule has 0 unspecified atom stereocenters. The van der Waals surface area contributed by atoms with Crippen LogP contribution in [0.5, 0.6) is 0 Å². The van der Waals surface area contributed by atoms with Gasteiger partial charge in [0.15, 0.2) is 0 Å². The molecule has 40 heavy (non-hydrogen) atoms. The van der Waals surface area contributed by atoms with Gasteiger partial charge in [0.1, 0.15) is 0 Å². The molecule has 0 N–H and O–H groups in total. The van der Waals surface area contributed by atoms with E-state index in [1.807, 2.05) is 0 Å². The highest BCUT2D eigenvalue weighted by Gasteiger charge is 2.54. The second-order valence-corrected chi connectivity index (χ2v) is 19.3. The fourth-order valence-electron chi connectivity index (χ4n) is 10.0. The normalized spacial score (nSPS) is 22.9. The van der Waals surface area contributed by atoms with E-state index in [1.54, 1.807) is 0 Å². The predicted octanol–water partition coefficient (Wildman–Crippen LogP) is 10.7. The van der Waals surface area contributed by atoms with Gasteiger partial charge in [0.05, 0.1) is 0 Å². The zero-order valence-electron chi connectivity index (χ0n) is 29.0. The van der Waals surface area contributed by atoms with Crippen LogP contribution in [0.15, 0.2) is 0 Å². The van der Waals surface area contributed by atoms with Gasteiger partial charge in [-0.3, -0.25) is 0 Å². The minimum atomic E-state index is -2.19. The minimum Gasteiger partial charge on any atom is -0.452 e. The van der Waals surface area contributed by atoms with Crippen molar-refractivity contribution in [3.8, 4) is 0 Å². The Morgan fingerprint density at radius 3 is 0.725 bits per heavy atom. The van der Waals surface area contributed by atoms with Crippen LogP contribution in [0.25, 0.3) is 0 Å². The van der Waals surface area contributed by atoms with Crippen LogP contribution in [0.1, 0.15) is 160 Å². The molecule has 4 heteroatoms. The summed E-state index contributed by atoms with van der Waals surface area (Å²) in [6, 6.07) is 0. The molecular formula is C36H69AlO3. The lowest BCUT2D eigenvalue weighted by atomic mass is 9.59. The van der Waals surface area contributed by atoms with Crippen LogP contribution in [-0.4, -0.2) is 33.5 Å². The van der Waals surface area contributed by atoms with Crippen molar-refractivity contribution in [3.63, 3.8) is 0 Å². The zero-order valence-corrected chi connectivity index (χ0v) is 30.1. The molecule has 0 heterocycles. The van der Waals surface area contributed by atoms with Crippen LogP contribution < -0.4 is 0 Å². The molecule has 0 atom stereocenters. The third-order valence-electron chi connectivity index (χ3n) is 9.92. The van der Waals surface area contributed by atoms with Crippen molar-refractivity contribution in [3.05, 3.63) is 0 Å². The van der Waals surface area contributed by atoms with Crippen LogP contribution >= 0.6 is 0 Å². The SMILES string of the molecule is CC(C)CC1(CC(C)C)CC([O][Al]([O]C2CC(CC(C)C)(CC(C)C)C2)[O]C2CC(CC(C)C)(CC(C)C)C2)C1. The Balaban J connectivity index is 1.64. The maximum Gasteiger partial charge on any atom is 0.906 e. The molecule has 0 aromatic rings. The number of hydrogen-bond donors (Lipinski definition) is 0. The zero-order chi connectivity index (χ0) is 29.9. The van der Waals surface area contributed by atoms with E-state index >= 15 is 0 Å². The van der Waals surface area contributed by atoms with E-state index in [1.165, 1.54) is 77.0 Å². The summed E-state index contributed by atoms with van der Waals surface area (Å²) in [7, 11) is 0. The van der Waals surface area contributed by atoms with E-state index in [9.17, 15) is 0 Å². The maximum atomic E-state index is 6.87. The molecule has 0 aromatic carbocycles. The molecule has 0 radical (unpaired) electrons. The smallest absolute Gasteiger partial charge is 0.452 e. The van der Waals surface area contributed by atoms with E-state index in [-0.39, 0.29) is 0 Å². The lowest BCUT2D eigenvalue weighted by Gasteiger charge is -2.54. The predicted molar refractivity (Wildman–Crippen MR) is 172 cm³/mol. The molecule has 0 spiro atoms. The van der Waals surface area contributed by atoms with E-state index < -0.39 is 15.1 Å². The Morgan fingerprint density at radius 1 is 0.400 bits per heavy atom. The second kappa shape index (κ2) is 14.5. The monoisotopic (exact) mass is 577 g/mol. The molecule has 0 aromatic heterocycles. The van der Waals surface area contributed by atoms with Gasteiger partial charge in [-0.05, 0) is 129 Å². The van der Waals surface area contributed by atoms with Crippen LogP contribution in [-0.2, 0) is 11.4 Å². The summed E-state index contributed by atoms with van der Waals surface area (Å²) in [4.78, 5) is 0. The highest BCUT2D eigenvalue weighted by atomic mass is 27.3. The Labute approximate surface area is 256 Å². The third-order valence-corrected chi connectivity index (χ3v) is 11.7. The molecule has 234 valence electrons. The van der Waals surface area contributed by atoms with E-state index in [2.05, 4.69) is 83.1 Å². The lowest BCUT2D eigenvalue weighted by Crippen LogP contribution is -2.53. The summed E-state index contributed by atoms with van der Waals surface area (Å²) in [6.07, 6.45) is 16.1. The van der Waals surface area contributed by atoms with Gasteiger partial charge >= 0.3 is 15.1 Å². The summed E-state index contributed by atoms with van der Waals surface area (Å²) in [6.45, 7) is 28.6. The van der Waals surface area contributed by atoms with Crippen LogP contribution in [0, 0.1) is 51.8 Å². The standard InChI is InChI=1S/3C12H23O.Al/c3*1-9(2)5-12(6-10(3)4)7-11(13)8-12;/h3*9-11H,5-8H2,1-4H3;/q3*-1;+3. The van der Waals surface area contributed by atoms with Gasteiger partial charge in [-0.1, -0.05) is 83.1 Å². The fraction of sp³-hybridized carbons (Fsp3) is 1.00. The first-order chi connectivity index (χ1) is 18.5.